The molecule has 0 saturated heterocycles. The van der Waals surface area contributed by atoms with Gasteiger partial charge in [-0.3, -0.25) is 0 Å². The van der Waals surface area contributed by atoms with Crippen LogP contribution >= 0.6 is 0 Å². The number of hydrogen-bond acceptors (Lipinski definition) is 0. The fraction of sp³-hybridized carbons (Fsp3) is 1.00. The van der Waals surface area contributed by atoms with E-state index in [2.05, 4.69) is 15.7 Å². The van der Waals surface area contributed by atoms with Gasteiger partial charge in [-0.25, -0.2) is 0 Å². The maximum Gasteiger partial charge on any atom is 0.105 e. The highest BCUT2D eigenvalue weighted by molar-refractivity contribution is 6.11. The van der Waals surface area contributed by atoms with Crippen molar-refractivity contribution in [2.24, 2.45) is 11.8 Å². The van der Waals surface area contributed by atoms with Crippen LogP contribution in [0.3, 0.4) is 0 Å². The van der Waals surface area contributed by atoms with E-state index in [1.165, 1.54) is 38.5 Å². The zero-order chi connectivity index (χ0) is 9.97. The van der Waals surface area contributed by atoms with Gasteiger partial charge < -0.3 is 0 Å². The van der Waals surface area contributed by atoms with Crippen molar-refractivity contribution < 1.29 is 0 Å². The van der Waals surface area contributed by atoms with Crippen LogP contribution in [-0.2, 0) is 0 Å². The molecule has 0 aromatic carbocycles. The molecule has 2 saturated carbocycles. The van der Waals surface area contributed by atoms with E-state index in [9.17, 15) is 0 Å². The summed E-state index contributed by atoms with van der Waals surface area (Å²) in [5.41, 5.74) is 0. The molecule has 0 amide bonds. The average molecular weight is 190 g/mol. The topological polar surface area (TPSA) is 0 Å². The molecule has 14 heavy (non-hydrogen) atoms. The molecule has 0 N–H and O–H groups in total. The molecule has 0 radical (unpaired) electrons. The Morgan fingerprint density at radius 3 is 1.43 bits per heavy atom. The maximum absolute atomic E-state index is 2.46. The van der Waals surface area contributed by atoms with E-state index in [1.807, 2.05) is 0 Å². The molecule has 2 heteroatoms. The predicted molar refractivity (Wildman–Crippen MR) is 68.5 cm³/mol. The predicted octanol–water partition coefficient (Wildman–Crippen LogP) is 2.21. The molecular formula is C12H24B2. The van der Waals surface area contributed by atoms with Gasteiger partial charge in [0.1, 0.15) is 15.7 Å². The van der Waals surface area contributed by atoms with Gasteiger partial charge in [0.25, 0.3) is 0 Å². The van der Waals surface area contributed by atoms with Crippen LogP contribution in [0.15, 0.2) is 0 Å². The Labute approximate surface area is 91.0 Å². The molecule has 0 nitrogen and oxygen atoms in total. The Morgan fingerprint density at radius 2 is 1.07 bits per heavy atom. The summed E-state index contributed by atoms with van der Waals surface area (Å²) in [6, 6.07) is 0. The zero-order valence-corrected chi connectivity index (χ0v) is 9.97. The minimum absolute atomic E-state index is 1.02. The summed E-state index contributed by atoms with van der Waals surface area (Å²) >= 11 is 0. The van der Waals surface area contributed by atoms with Gasteiger partial charge in [0.2, 0.25) is 0 Å². The maximum atomic E-state index is 2.46. The molecular weight excluding hydrogens is 166 g/mol. The van der Waals surface area contributed by atoms with Gasteiger partial charge in [0, 0.05) is 0 Å². The summed E-state index contributed by atoms with van der Waals surface area (Å²) in [4.78, 5) is 0. The lowest BCUT2D eigenvalue weighted by molar-refractivity contribution is 0.197. The SMILES string of the molecule is BC1CCCC(C2CCCC(B)C2)C1. The lowest BCUT2D eigenvalue weighted by atomic mass is 9.61. The van der Waals surface area contributed by atoms with Crippen LogP contribution in [0.25, 0.3) is 0 Å². The van der Waals surface area contributed by atoms with Crippen molar-refractivity contribution in [3.8, 4) is 0 Å². The van der Waals surface area contributed by atoms with Crippen LogP contribution in [0.5, 0.6) is 0 Å². The third-order valence-corrected chi connectivity index (χ3v) is 4.62. The average Bonchev–Trinajstić information content (AvgIpc) is 2.18. The Bertz CT molecular complexity index is 161. The van der Waals surface area contributed by atoms with E-state index in [4.69, 9.17) is 0 Å². The monoisotopic (exact) mass is 190 g/mol. The van der Waals surface area contributed by atoms with Crippen molar-refractivity contribution in [3.05, 3.63) is 0 Å². The Hall–Kier alpha value is 0.130. The van der Waals surface area contributed by atoms with E-state index >= 15 is 0 Å². The first-order chi connectivity index (χ1) is 6.75. The first-order valence-corrected chi connectivity index (χ1v) is 6.75. The smallest absolute Gasteiger partial charge is 0.0694 e. The van der Waals surface area contributed by atoms with Crippen LogP contribution in [-0.4, -0.2) is 15.7 Å². The van der Waals surface area contributed by atoms with Crippen LogP contribution in [0.4, 0.5) is 0 Å². The normalized spacial score (nSPS) is 44.9. The molecule has 0 aromatic heterocycles. The molecule has 2 fully saturated rings. The molecule has 2 aliphatic carbocycles. The molecule has 4 atom stereocenters. The molecule has 2 aliphatic rings. The highest BCUT2D eigenvalue weighted by Crippen LogP contribution is 2.43. The van der Waals surface area contributed by atoms with Crippen LogP contribution in [0, 0.1) is 11.8 Å². The first-order valence-electron chi connectivity index (χ1n) is 6.75. The van der Waals surface area contributed by atoms with Gasteiger partial charge in [-0.15, -0.1) is 0 Å². The summed E-state index contributed by atoms with van der Waals surface area (Å²) in [6.07, 6.45) is 12.2. The fourth-order valence-electron chi connectivity index (χ4n) is 3.82. The third-order valence-electron chi connectivity index (χ3n) is 4.62. The Balaban J connectivity index is 1.86. The highest BCUT2D eigenvalue weighted by Gasteiger charge is 2.29. The van der Waals surface area contributed by atoms with Gasteiger partial charge in [-0.2, -0.15) is 0 Å². The van der Waals surface area contributed by atoms with Gasteiger partial charge in [-0.1, -0.05) is 63.0 Å². The second-order valence-electron chi connectivity index (χ2n) is 6.06. The molecule has 0 aliphatic heterocycles. The lowest BCUT2D eigenvalue weighted by Crippen LogP contribution is -2.24. The van der Waals surface area contributed by atoms with Gasteiger partial charge in [0.15, 0.2) is 0 Å². The standard InChI is InChI=1S/C12H24B2/c13-11-5-1-3-9(7-11)10-4-2-6-12(14)8-10/h9-12H,1-8,13-14H2. The molecule has 0 heterocycles. The Kier molecular flexibility index (Phi) is 3.62. The Morgan fingerprint density at radius 1 is 0.643 bits per heavy atom. The van der Waals surface area contributed by atoms with Crippen molar-refractivity contribution in [1.29, 1.82) is 0 Å². The van der Waals surface area contributed by atoms with Crippen molar-refractivity contribution >= 4 is 15.7 Å². The van der Waals surface area contributed by atoms with Crippen molar-refractivity contribution in [3.63, 3.8) is 0 Å². The summed E-state index contributed by atoms with van der Waals surface area (Å²) in [6.45, 7) is 0. The second kappa shape index (κ2) is 4.77. The van der Waals surface area contributed by atoms with Gasteiger partial charge in [-0.05, 0) is 11.8 Å². The minimum Gasteiger partial charge on any atom is -0.0694 e. The zero-order valence-electron chi connectivity index (χ0n) is 9.97. The van der Waals surface area contributed by atoms with Gasteiger partial charge in [0.05, 0.1) is 0 Å². The summed E-state index contributed by atoms with van der Waals surface area (Å²) in [5, 5.41) is 0. The molecule has 2 rings (SSSR count). The van der Waals surface area contributed by atoms with Gasteiger partial charge >= 0.3 is 0 Å². The highest BCUT2D eigenvalue weighted by atomic mass is 14.3. The lowest BCUT2D eigenvalue weighted by Gasteiger charge is -2.37. The fourth-order valence-corrected chi connectivity index (χ4v) is 3.82. The molecule has 0 bridgehead atoms. The van der Waals surface area contributed by atoms with Crippen molar-refractivity contribution in [1.82, 2.24) is 0 Å². The first kappa shape index (κ1) is 10.6. The van der Waals surface area contributed by atoms with Crippen LogP contribution in [0.2, 0.25) is 11.6 Å². The summed E-state index contributed by atoms with van der Waals surface area (Å²) in [7, 11) is 4.91. The van der Waals surface area contributed by atoms with E-state index in [-0.39, 0.29) is 0 Å². The minimum atomic E-state index is 1.02. The molecule has 0 aromatic rings. The van der Waals surface area contributed by atoms with Crippen LogP contribution < -0.4 is 0 Å². The van der Waals surface area contributed by atoms with Crippen molar-refractivity contribution in [2.45, 2.75) is 63.0 Å². The van der Waals surface area contributed by atoms with E-state index in [0.29, 0.717) is 0 Å². The summed E-state index contributed by atoms with van der Waals surface area (Å²) < 4.78 is 0. The van der Waals surface area contributed by atoms with E-state index < -0.39 is 0 Å². The molecule has 0 spiro atoms. The quantitative estimate of drug-likeness (QED) is 0.556. The molecule has 78 valence electrons. The van der Waals surface area contributed by atoms with E-state index in [0.717, 1.165) is 23.5 Å². The van der Waals surface area contributed by atoms with Crippen LogP contribution in [0.1, 0.15) is 51.4 Å². The van der Waals surface area contributed by atoms with E-state index in [1.54, 1.807) is 12.8 Å². The summed E-state index contributed by atoms with van der Waals surface area (Å²) in [5.74, 6) is 4.24. The number of rotatable bonds is 1. The largest absolute Gasteiger partial charge is 0.105 e. The second-order valence-corrected chi connectivity index (χ2v) is 6.06. The third kappa shape index (κ3) is 2.58. The van der Waals surface area contributed by atoms with Crippen molar-refractivity contribution in [2.75, 3.05) is 0 Å². The number of hydrogen-bond donors (Lipinski definition) is 0. The molecule has 4 unspecified atom stereocenters.